The predicted octanol–water partition coefficient (Wildman–Crippen LogP) is 3.78. The molecule has 0 aromatic carbocycles. The lowest BCUT2D eigenvalue weighted by atomic mass is 9.43. The van der Waals surface area contributed by atoms with Gasteiger partial charge >= 0.3 is 13.1 Å². The minimum atomic E-state index is -0.620. The van der Waals surface area contributed by atoms with Crippen LogP contribution in [-0.4, -0.2) is 55.4 Å². The lowest BCUT2D eigenvalue weighted by molar-refractivity contribution is -0.199. The lowest BCUT2D eigenvalue weighted by Crippen LogP contribution is -2.65. The van der Waals surface area contributed by atoms with Gasteiger partial charge in [-0.25, -0.2) is 0 Å². The fraction of sp³-hybridized carbons (Fsp3) is 0.955. The minimum absolute atomic E-state index is 0.104. The van der Waals surface area contributed by atoms with Gasteiger partial charge in [-0.05, 0) is 82.1 Å². The monoisotopic (exact) mass is 391 g/mol. The summed E-state index contributed by atoms with van der Waals surface area (Å²) >= 11 is 0. The Morgan fingerprint density at radius 1 is 1.18 bits per heavy atom. The zero-order chi connectivity index (χ0) is 20.3. The van der Waals surface area contributed by atoms with Crippen LogP contribution in [-0.2, 0) is 14.1 Å². The van der Waals surface area contributed by atoms with Crippen LogP contribution >= 0.6 is 0 Å². The molecule has 1 heterocycles. The molecule has 1 unspecified atom stereocenters. The standard InChI is InChI=1S/C22H38BNO4/c1-21(2)16-11-18(21)22(3)19(12-16)27-23(28-22)9-8-14-6-7-15(13-24(4)5)17(10-14)20(25)26/h14-19H,6-13H2,1-5H3,(H,25,26)/t14-,15-,16+,17?,18+,19-,22+/m0/s1. The van der Waals surface area contributed by atoms with Crippen molar-refractivity contribution in [3.8, 4) is 0 Å². The lowest BCUT2D eigenvalue weighted by Gasteiger charge is -2.64. The Bertz CT molecular complexity index is 611. The van der Waals surface area contributed by atoms with Crippen molar-refractivity contribution in [3.05, 3.63) is 0 Å². The molecule has 5 fully saturated rings. The number of rotatable bonds is 6. The van der Waals surface area contributed by atoms with Crippen molar-refractivity contribution >= 4 is 13.1 Å². The topological polar surface area (TPSA) is 59.0 Å². The molecular formula is C22H38BNO4. The van der Waals surface area contributed by atoms with Gasteiger partial charge in [-0.1, -0.05) is 26.7 Å². The number of carboxylic acids is 1. The molecule has 4 aliphatic carbocycles. The molecule has 28 heavy (non-hydrogen) atoms. The first kappa shape index (κ1) is 20.7. The van der Waals surface area contributed by atoms with Gasteiger partial charge in [0, 0.05) is 6.54 Å². The quantitative estimate of drug-likeness (QED) is 0.699. The predicted molar refractivity (Wildman–Crippen MR) is 110 cm³/mol. The summed E-state index contributed by atoms with van der Waals surface area (Å²) in [7, 11) is 3.96. The number of carbonyl (C=O) groups is 1. The number of nitrogens with zero attached hydrogens (tertiary/aromatic N) is 1. The molecule has 0 aromatic heterocycles. The van der Waals surface area contributed by atoms with Gasteiger partial charge in [0.1, 0.15) is 0 Å². The van der Waals surface area contributed by atoms with Crippen LogP contribution in [0.1, 0.15) is 59.3 Å². The van der Waals surface area contributed by atoms with Crippen molar-refractivity contribution in [1.82, 2.24) is 4.90 Å². The fourth-order valence-electron chi connectivity index (χ4n) is 7.02. The maximum Gasteiger partial charge on any atom is 0.457 e. The van der Waals surface area contributed by atoms with E-state index in [0.29, 0.717) is 17.3 Å². The van der Waals surface area contributed by atoms with Gasteiger partial charge < -0.3 is 19.3 Å². The van der Waals surface area contributed by atoms with Crippen molar-refractivity contribution in [1.29, 1.82) is 0 Å². The van der Waals surface area contributed by atoms with Crippen LogP contribution in [0.15, 0.2) is 0 Å². The summed E-state index contributed by atoms with van der Waals surface area (Å²) in [6.45, 7) is 7.92. The maximum absolute atomic E-state index is 11.8. The van der Waals surface area contributed by atoms with Gasteiger partial charge in [-0.3, -0.25) is 4.79 Å². The third-order valence-corrected chi connectivity index (χ3v) is 8.83. The van der Waals surface area contributed by atoms with E-state index >= 15 is 0 Å². The Kier molecular flexibility index (Phi) is 5.38. The van der Waals surface area contributed by atoms with Crippen LogP contribution in [0.5, 0.6) is 0 Å². The van der Waals surface area contributed by atoms with E-state index < -0.39 is 5.97 Å². The summed E-state index contributed by atoms with van der Waals surface area (Å²) < 4.78 is 12.9. The smallest absolute Gasteiger partial charge is 0.457 e. The molecule has 158 valence electrons. The van der Waals surface area contributed by atoms with Crippen LogP contribution in [0.3, 0.4) is 0 Å². The van der Waals surface area contributed by atoms with Crippen molar-refractivity contribution < 1.29 is 19.2 Å². The molecular weight excluding hydrogens is 353 g/mol. The highest BCUT2D eigenvalue weighted by Gasteiger charge is 2.67. The summed E-state index contributed by atoms with van der Waals surface area (Å²) in [5, 5.41) is 9.71. The van der Waals surface area contributed by atoms with Gasteiger partial charge in [0.15, 0.2) is 0 Å². The highest BCUT2D eigenvalue weighted by molar-refractivity contribution is 6.45. The van der Waals surface area contributed by atoms with Crippen LogP contribution in [0.2, 0.25) is 6.32 Å². The van der Waals surface area contributed by atoms with E-state index in [2.05, 4.69) is 25.7 Å². The van der Waals surface area contributed by atoms with Gasteiger partial charge in [-0.15, -0.1) is 0 Å². The molecule has 2 bridgehead atoms. The average Bonchev–Trinajstić information content (AvgIpc) is 2.96. The highest BCUT2D eigenvalue weighted by Crippen LogP contribution is 2.65. The summed E-state index contributed by atoms with van der Waals surface area (Å²) in [4.78, 5) is 13.9. The number of carboxylic acid groups (broad SMARTS) is 1. The van der Waals surface area contributed by atoms with E-state index in [1.807, 2.05) is 14.1 Å². The molecule has 0 spiro atoms. The van der Waals surface area contributed by atoms with Crippen molar-refractivity contribution in [2.24, 2.45) is 35.0 Å². The van der Waals surface area contributed by atoms with Crippen LogP contribution in [0.4, 0.5) is 0 Å². The second-order valence-electron chi connectivity index (χ2n) is 11.1. The van der Waals surface area contributed by atoms with E-state index in [1.165, 1.54) is 6.42 Å². The molecule has 5 rings (SSSR count). The molecule has 0 amide bonds. The van der Waals surface area contributed by atoms with Gasteiger partial charge in [0.05, 0.1) is 17.6 Å². The van der Waals surface area contributed by atoms with Crippen molar-refractivity contribution in [2.45, 2.75) is 77.3 Å². The second kappa shape index (κ2) is 7.28. The fourth-order valence-corrected chi connectivity index (χ4v) is 7.02. The molecule has 6 heteroatoms. The average molecular weight is 391 g/mol. The van der Waals surface area contributed by atoms with Crippen LogP contribution in [0.25, 0.3) is 0 Å². The Morgan fingerprint density at radius 3 is 2.57 bits per heavy atom. The summed E-state index contributed by atoms with van der Waals surface area (Å²) in [5.41, 5.74) is 0.249. The molecule has 0 aromatic rings. The van der Waals surface area contributed by atoms with Crippen molar-refractivity contribution in [2.75, 3.05) is 20.6 Å². The second-order valence-corrected chi connectivity index (χ2v) is 11.1. The summed E-state index contributed by atoms with van der Waals surface area (Å²) in [5.74, 6) is 1.31. The van der Waals surface area contributed by atoms with E-state index in [-0.39, 0.29) is 30.7 Å². The van der Waals surface area contributed by atoms with Gasteiger partial charge in [0.25, 0.3) is 0 Å². The maximum atomic E-state index is 11.8. The minimum Gasteiger partial charge on any atom is -0.481 e. The summed E-state index contributed by atoms with van der Waals surface area (Å²) in [6.07, 6.45) is 7.54. The first-order chi connectivity index (χ1) is 13.1. The number of aliphatic carboxylic acids is 1. The molecule has 5 aliphatic rings. The third-order valence-electron chi connectivity index (χ3n) is 8.83. The molecule has 1 saturated heterocycles. The van der Waals surface area contributed by atoms with E-state index in [4.69, 9.17) is 9.31 Å². The summed E-state index contributed by atoms with van der Waals surface area (Å²) in [6, 6.07) is 0. The molecule has 0 radical (unpaired) electrons. The first-order valence-electron chi connectivity index (χ1n) is 11.3. The molecule has 5 nitrogen and oxygen atoms in total. The Hall–Kier alpha value is -0.585. The highest BCUT2D eigenvalue weighted by atomic mass is 16.7. The number of hydrogen-bond acceptors (Lipinski definition) is 4. The Labute approximate surface area is 170 Å². The number of hydrogen-bond donors (Lipinski definition) is 1. The molecule has 1 aliphatic heterocycles. The molecule has 1 N–H and O–H groups in total. The van der Waals surface area contributed by atoms with Crippen molar-refractivity contribution in [3.63, 3.8) is 0 Å². The van der Waals surface area contributed by atoms with E-state index in [0.717, 1.165) is 50.9 Å². The van der Waals surface area contributed by atoms with Gasteiger partial charge in [-0.2, -0.15) is 0 Å². The first-order valence-corrected chi connectivity index (χ1v) is 11.3. The third kappa shape index (κ3) is 3.43. The Balaban J connectivity index is 1.31. The van der Waals surface area contributed by atoms with Gasteiger partial charge in [0.2, 0.25) is 0 Å². The SMILES string of the molecule is CN(C)C[C@@H]1CC[C@@H](CCB2O[C@H]3C[C@H]4C[C@H](C4(C)C)[C@@]3(C)O2)CC1C(=O)O. The largest absolute Gasteiger partial charge is 0.481 e. The Morgan fingerprint density at radius 2 is 1.93 bits per heavy atom. The molecule has 4 saturated carbocycles. The zero-order valence-corrected chi connectivity index (χ0v) is 18.3. The van der Waals surface area contributed by atoms with Crippen LogP contribution in [0, 0.1) is 35.0 Å². The molecule has 7 atom stereocenters. The van der Waals surface area contributed by atoms with E-state index in [9.17, 15) is 9.90 Å². The van der Waals surface area contributed by atoms with Crippen LogP contribution < -0.4 is 0 Å². The van der Waals surface area contributed by atoms with E-state index in [1.54, 1.807) is 0 Å². The normalized spacial score (nSPS) is 44.3. The zero-order valence-electron chi connectivity index (χ0n) is 18.3.